The fourth-order valence-electron chi connectivity index (χ4n) is 0.688. The molecule has 0 radical (unpaired) electrons. The number of nitrogens with zero attached hydrogens (tertiary/aromatic N) is 1. The minimum atomic E-state index is -0.356. The van der Waals surface area contributed by atoms with Gasteiger partial charge in [0.1, 0.15) is 5.69 Å². The van der Waals surface area contributed by atoms with E-state index in [0.717, 1.165) is 11.8 Å². The van der Waals surface area contributed by atoms with Crippen LogP contribution in [-0.4, -0.2) is 17.0 Å². The third-order valence-electron chi connectivity index (χ3n) is 1.29. The van der Waals surface area contributed by atoms with E-state index in [9.17, 15) is 4.79 Å². The largest absolute Gasteiger partial charge is 0.305 e. The first-order valence-electron chi connectivity index (χ1n) is 3.21. The summed E-state index contributed by atoms with van der Waals surface area (Å²) in [6.07, 6.45) is 2.37. The highest BCUT2D eigenvalue weighted by Gasteiger charge is 2.00. The monoisotopic (exact) mass is 148 g/mol. The van der Waals surface area contributed by atoms with Crippen molar-refractivity contribution in [2.75, 3.05) is 0 Å². The highest BCUT2D eigenvalue weighted by atomic mass is 16.1. The van der Waals surface area contributed by atoms with Crippen LogP contribution in [0.25, 0.3) is 0 Å². The average Bonchev–Trinajstić information content (AvgIpc) is 2.05. The molecule has 0 aliphatic carbocycles. The first-order chi connectivity index (χ1) is 5.24. The number of rotatable bonds is 2. The molecule has 0 fully saturated rings. The van der Waals surface area contributed by atoms with E-state index >= 15 is 0 Å². The number of hydrogen-bond acceptors (Lipinski definition) is 3. The van der Waals surface area contributed by atoms with Crippen LogP contribution in [0.4, 0.5) is 0 Å². The maximum atomic E-state index is 10.8. The van der Waals surface area contributed by atoms with E-state index in [1.807, 2.05) is 6.92 Å². The third-order valence-corrected chi connectivity index (χ3v) is 1.29. The van der Waals surface area contributed by atoms with Crippen molar-refractivity contribution in [2.45, 2.75) is 6.92 Å². The predicted octanol–water partition coefficient (Wildman–Crippen LogP) is 1.22. The number of hydrogen-bond donors (Lipinski definition) is 1. The second-order valence-electron chi connectivity index (χ2n) is 2.23. The van der Waals surface area contributed by atoms with Gasteiger partial charge in [0.15, 0.2) is 0 Å². The molecule has 1 rings (SSSR count). The zero-order valence-electron chi connectivity index (χ0n) is 6.16. The normalized spacial score (nSPS) is 9.18. The topological polar surface area (TPSA) is 53.8 Å². The molecular formula is C8H8N2O. The summed E-state index contributed by atoms with van der Waals surface area (Å²) in [4.78, 5) is 14.7. The average molecular weight is 148 g/mol. The lowest BCUT2D eigenvalue weighted by Crippen LogP contribution is -2.01. The lowest BCUT2D eigenvalue weighted by Gasteiger charge is -1.93. The van der Waals surface area contributed by atoms with Crippen molar-refractivity contribution < 1.29 is 4.79 Å². The van der Waals surface area contributed by atoms with E-state index in [0.29, 0.717) is 5.69 Å². The number of carbonyl (C=O) groups excluding carboxylic acids is 1. The summed E-state index contributed by atoms with van der Waals surface area (Å²) in [5, 5.41) is 6.69. The maximum Gasteiger partial charge on any atom is 0.221 e. The van der Waals surface area contributed by atoms with Crippen molar-refractivity contribution in [1.82, 2.24) is 4.98 Å². The number of aryl methyl sites for hydroxylation is 1. The Hall–Kier alpha value is -1.51. The third kappa shape index (κ3) is 1.70. The lowest BCUT2D eigenvalue weighted by atomic mass is 10.2. The van der Waals surface area contributed by atoms with Gasteiger partial charge in [-0.05, 0) is 18.6 Å². The van der Waals surface area contributed by atoms with E-state index in [4.69, 9.17) is 5.41 Å². The number of aromatic nitrogens is 1. The van der Waals surface area contributed by atoms with Crippen LogP contribution in [0.5, 0.6) is 0 Å². The molecule has 1 aromatic rings. The predicted molar refractivity (Wildman–Crippen MR) is 42.1 cm³/mol. The molecule has 0 atom stereocenters. The number of ketones is 1. The molecule has 0 aromatic carbocycles. The number of nitrogens with one attached hydrogen (secondary N) is 1. The van der Waals surface area contributed by atoms with Gasteiger partial charge in [-0.1, -0.05) is 6.07 Å². The van der Waals surface area contributed by atoms with Gasteiger partial charge in [-0.2, -0.15) is 0 Å². The van der Waals surface area contributed by atoms with Crippen LogP contribution in [0, 0.1) is 12.3 Å². The first-order valence-corrected chi connectivity index (χ1v) is 3.21. The molecule has 56 valence electrons. The van der Waals surface area contributed by atoms with Crippen molar-refractivity contribution in [3.05, 3.63) is 29.6 Å². The van der Waals surface area contributed by atoms with Gasteiger partial charge in [-0.15, -0.1) is 0 Å². The molecule has 0 aliphatic rings. The highest BCUT2D eigenvalue weighted by Crippen LogP contribution is 1.97. The molecule has 1 heterocycles. The van der Waals surface area contributed by atoms with Crippen molar-refractivity contribution >= 4 is 12.0 Å². The molecular weight excluding hydrogens is 140 g/mol. The van der Waals surface area contributed by atoms with E-state index in [-0.39, 0.29) is 5.78 Å². The van der Waals surface area contributed by atoms with Crippen molar-refractivity contribution in [2.24, 2.45) is 0 Å². The quantitative estimate of drug-likeness (QED) is 0.506. The highest BCUT2D eigenvalue weighted by molar-refractivity contribution is 6.33. The maximum absolute atomic E-state index is 10.8. The smallest absolute Gasteiger partial charge is 0.221 e. The second kappa shape index (κ2) is 3.05. The Balaban J connectivity index is 2.98. The Labute approximate surface area is 64.6 Å². The molecule has 0 amide bonds. The Morgan fingerprint density at radius 3 is 2.82 bits per heavy atom. The van der Waals surface area contributed by atoms with Crippen LogP contribution >= 0.6 is 0 Å². The molecule has 0 saturated heterocycles. The molecule has 0 aliphatic heterocycles. The van der Waals surface area contributed by atoms with E-state index < -0.39 is 0 Å². The van der Waals surface area contributed by atoms with Crippen LogP contribution in [0.2, 0.25) is 0 Å². The van der Waals surface area contributed by atoms with Gasteiger partial charge in [0.05, 0.1) is 6.21 Å². The number of carbonyl (C=O) groups is 1. The lowest BCUT2D eigenvalue weighted by molar-refractivity contribution is 0.106. The van der Waals surface area contributed by atoms with Crippen LogP contribution in [0.15, 0.2) is 18.3 Å². The summed E-state index contributed by atoms with van der Waals surface area (Å²) in [5.41, 5.74) is 1.33. The first kappa shape index (κ1) is 7.60. The summed E-state index contributed by atoms with van der Waals surface area (Å²) >= 11 is 0. The van der Waals surface area contributed by atoms with Gasteiger partial charge >= 0.3 is 0 Å². The molecule has 11 heavy (non-hydrogen) atoms. The molecule has 1 N–H and O–H groups in total. The standard InChI is InChI=1S/C8H8N2O/c1-6-2-3-7(10-5-6)8(11)4-9/h2-5,9H,1H3. The van der Waals surface area contributed by atoms with Gasteiger partial charge < -0.3 is 5.41 Å². The zero-order chi connectivity index (χ0) is 8.27. The van der Waals surface area contributed by atoms with Gasteiger partial charge in [-0.25, -0.2) is 0 Å². The van der Waals surface area contributed by atoms with Gasteiger partial charge in [0, 0.05) is 6.20 Å². The van der Waals surface area contributed by atoms with E-state index in [2.05, 4.69) is 4.98 Å². The Kier molecular flexibility index (Phi) is 2.11. The summed E-state index contributed by atoms with van der Waals surface area (Å²) in [7, 11) is 0. The summed E-state index contributed by atoms with van der Waals surface area (Å²) < 4.78 is 0. The Morgan fingerprint density at radius 2 is 2.36 bits per heavy atom. The Bertz CT molecular complexity index is 277. The SMILES string of the molecule is Cc1ccc(C(=O)C=N)nc1. The number of pyridine rings is 1. The van der Waals surface area contributed by atoms with Crippen molar-refractivity contribution in [3.63, 3.8) is 0 Å². The van der Waals surface area contributed by atoms with Crippen LogP contribution < -0.4 is 0 Å². The Morgan fingerprint density at radius 1 is 1.64 bits per heavy atom. The van der Waals surface area contributed by atoms with Gasteiger partial charge in [0.25, 0.3) is 0 Å². The molecule has 3 nitrogen and oxygen atoms in total. The second-order valence-corrected chi connectivity index (χ2v) is 2.23. The minimum absolute atomic E-state index is 0.325. The summed E-state index contributed by atoms with van der Waals surface area (Å²) in [6.45, 7) is 1.89. The van der Waals surface area contributed by atoms with Gasteiger partial charge in [0.2, 0.25) is 5.78 Å². The van der Waals surface area contributed by atoms with E-state index in [1.54, 1.807) is 18.3 Å². The van der Waals surface area contributed by atoms with Crippen LogP contribution in [-0.2, 0) is 0 Å². The minimum Gasteiger partial charge on any atom is -0.305 e. The molecule has 3 heteroatoms. The fourth-order valence-corrected chi connectivity index (χ4v) is 0.688. The van der Waals surface area contributed by atoms with Crippen molar-refractivity contribution in [1.29, 1.82) is 5.41 Å². The zero-order valence-corrected chi connectivity index (χ0v) is 6.16. The molecule has 0 saturated carbocycles. The molecule has 0 unspecified atom stereocenters. The summed E-state index contributed by atoms with van der Waals surface area (Å²) in [6, 6.07) is 3.41. The van der Waals surface area contributed by atoms with E-state index in [1.165, 1.54) is 0 Å². The van der Waals surface area contributed by atoms with Gasteiger partial charge in [-0.3, -0.25) is 9.78 Å². The van der Waals surface area contributed by atoms with Crippen LogP contribution in [0.1, 0.15) is 16.1 Å². The van der Waals surface area contributed by atoms with Crippen molar-refractivity contribution in [3.8, 4) is 0 Å². The molecule has 0 spiro atoms. The number of Topliss-reactive ketones (excluding diaryl/α,β-unsaturated/α-hetero) is 1. The molecule has 1 aromatic heterocycles. The van der Waals surface area contributed by atoms with Crippen LogP contribution in [0.3, 0.4) is 0 Å². The summed E-state index contributed by atoms with van der Waals surface area (Å²) in [5.74, 6) is -0.356. The molecule has 0 bridgehead atoms. The fraction of sp³-hybridized carbons (Fsp3) is 0.125.